The number of rotatable bonds is 8. The zero-order valence-corrected chi connectivity index (χ0v) is 19.2. The van der Waals surface area contributed by atoms with Gasteiger partial charge in [-0.3, -0.25) is 4.79 Å². The predicted molar refractivity (Wildman–Crippen MR) is 123 cm³/mol. The summed E-state index contributed by atoms with van der Waals surface area (Å²) in [6.07, 6.45) is 2.52. The van der Waals surface area contributed by atoms with E-state index in [0.717, 1.165) is 34.4 Å². The van der Waals surface area contributed by atoms with Gasteiger partial charge in [-0.1, -0.05) is 49.3 Å². The summed E-state index contributed by atoms with van der Waals surface area (Å²) in [5, 5.41) is 0. The molecule has 164 valence electrons. The van der Waals surface area contributed by atoms with Crippen molar-refractivity contribution in [3.63, 3.8) is 0 Å². The molecule has 7 heteroatoms. The molecule has 1 unspecified atom stereocenters. The maximum atomic E-state index is 12.8. The number of benzene rings is 2. The van der Waals surface area contributed by atoms with Crippen LogP contribution in [0.3, 0.4) is 0 Å². The van der Waals surface area contributed by atoms with Crippen LogP contribution in [-0.2, 0) is 9.53 Å². The van der Waals surface area contributed by atoms with E-state index < -0.39 is 6.04 Å². The van der Waals surface area contributed by atoms with E-state index in [2.05, 4.69) is 11.9 Å². The molecule has 0 aliphatic carbocycles. The number of amides is 1. The van der Waals surface area contributed by atoms with Crippen LogP contribution in [0.1, 0.15) is 55.1 Å². The Kier molecular flexibility index (Phi) is 7.63. The quantitative estimate of drug-likeness (QED) is 0.363. The molecule has 1 aromatic heterocycles. The zero-order chi connectivity index (χ0) is 22.4. The van der Waals surface area contributed by atoms with Gasteiger partial charge in [0.2, 0.25) is 0 Å². The third kappa shape index (κ3) is 5.22. The molecule has 0 radical (unpaired) electrons. The van der Waals surface area contributed by atoms with E-state index in [1.807, 2.05) is 44.2 Å². The van der Waals surface area contributed by atoms with Crippen LogP contribution in [0.15, 0.2) is 47.5 Å². The lowest BCUT2D eigenvalue weighted by atomic mass is 10.1. The van der Waals surface area contributed by atoms with Crippen molar-refractivity contribution in [3.8, 4) is 5.75 Å². The number of unbranched alkanes of at least 4 members (excludes halogenated alkanes) is 1. The molecule has 0 aliphatic heterocycles. The highest BCUT2D eigenvalue weighted by molar-refractivity contribution is 7.16. The Morgan fingerprint density at radius 2 is 1.87 bits per heavy atom. The molecular formula is C24H28N2O4S. The number of methoxy groups -OCH3 is 1. The van der Waals surface area contributed by atoms with E-state index in [-0.39, 0.29) is 11.9 Å². The van der Waals surface area contributed by atoms with E-state index in [9.17, 15) is 9.59 Å². The number of hydrogen-bond acceptors (Lipinski definition) is 5. The van der Waals surface area contributed by atoms with Crippen LogP contribution >= 0.6 is 11.3 Å². The van der Waals surface area contributed by atoms with Gasteiger partial charge in [0.1, 0.15) is 11.8 Å². The van der Waals surface area contributed by atoms with Crippen molar-refractivity contribution in [1.82, 2.24) is 4.57 Å². The summed E-state index contributed by atoms with van der Waals surface area (Å²) in [5.41, 5.74) is 2.37. The number of carbonyl (C=O) groups is 2. The van der Waals surface area contributed by atoms with Crippen LogP contribution in [0.25, 0.3) is 10.2 Å². The largest absolute Gasteiger partial charge is 0.494 e. The molecule has 0 saturated heterocycles. The van der Waals surface area contributed by atoms with Crippen LogP contribution in [0, 0.1) is 6.92 Å². The highest BCUT2D eigenvalue weighted by Gasteiger charge is 2.24. The van der Waals surface area contributed by atoms with E-state index in [0.29, 0.717) is 23.4 Å². The fourth-order valence-electron chi connectivity index (χ4n) is 3.26. The minimum Gasteiger partial charge on any atom is -0.494 e. The van der Waals surface area contributed by atoms with Gasteiger partial charge in [0, 0.05) is 11.6 Å². The first-order chi connectivity index (χ1) is 15.0. The number of nitrogens with zero attached hydrogens (tertiary/aromatic N) is 2. The van der Waals surface area contributed by atoms with Gasteiger partial charge in [-0.25, -0.2) is 4.79 Å². The molecule has 0 saturated carbocycles. The molecule has 1 atom stereocenters. The second kappa shape index (κ2) is 10.4. The first-order valence-electron chi connectivity index (χ1n) is 10.5. The van der Waals surface area contributed by atoms with Gasteiger partial charge in [0.05, 0.1) is 23.9 Å². The molecule has 31 heavy (non-hydrogen) atoms. The Morgan fingerprint density at radius 1 is 1.13 bits per heavy atom. The van der Waals surface area contributed by atoms with Crippen molar-refractivity contribution in [1.29, 1.82) is 0 Å². The average Bonchev–Trinajstić information content (AvgIpc) is 3.12. The number of esters is 1. The maximum Gasteiger partial charge on any atom is 0.328 e. The van der Waals surface area contributed by atoms with Crippen LogP contribution in [-0.4, -0.2) is 30.2 Å². The molecular weight excluding hydrogens is 412 g/mol. The Labute approximate surface area is 186 Å². The molecule has 3 aromatic rings. The van der Waals surface area contributed by atoms with Gasteiger partial charge in [-0.05, 0) is 44.0 Å². The van der Waals surface area contributed by atoms with Crippen molar-refractivity contribution in [2.45, 2.75) is 46.1 Å². The first kappa shape index (κ1) is 22.7. The van der Waals surface area contributed by atoms with Crippen molar-refractivity contribution < 1.29 is 19.1 Å². The van der Waals surface area contributed by atoms with E-state index >= 15 is 0 Å². The van der Waals surface area contributed by atoms with E-state index in [1.54, 1.807) is 16.7 Å². The third-order valence-corrected chi connectivity index (χ3v) is 6.07. The molecule has 0 bridgehead atoms. The highest BCUT2D eigenvalue weighted by Crippen LogP contribution is 2.27. The summed E-state index contributed by atoms with van der Waals surface area (Å²) in [6, 6.07) is 12.4. The van der Waals surface area contributed by atoms with Gasteiger partial charge < -0.3 is 14.0 Å². The molecule has 2 aromatic carbocycles. The monoisotopic (exact) mass is 440 g/mol. The number of thiazole rings is 1. The number of fused-ring (bicyclic) bond motifs is 1. The Balaban J connectivity index is 2.14. The SMILES string of the molecule is CCCCOc1ccc2sc(=NC(=O)c3ccc(C)cc3)n(C(CC)C(=O)OC)c2c1. The fourth-order valence-corrected chi connectivity index (χ4v) is 4.31. The first-order valence-corrected chi connectivity index (χ1v) is 11.3. The molecule has 0 aliphatic rings. The fraction of sp³-hybridized carbons (Fsp3) is 0.375. The van der Waals surface area contributed by atoms with Crippen LogP contribution in [0.5, 0.6) is 5.75 Å². The number of aryl methyl sites for hydroxylation is 1. The molecule has 3 rings (SSSR count). The van der Waals surface area contributed by atoms with Crippen LogP contribution in [0.2, 0.25) is 0 Å². The lowest BCUT2D eigenvalue weighted by Gasteiger charge is -2.16. The summed E-state index contributed by atoms with van der Waals surface area (Å²) in [6.45, 7) is 6.61. The van der Waals surface area contributed by atoms with Gasteiger partial charge in [-0.2, -0.15) is 4.99 Å². The van der Waals surface area contributed by atoms with E-state index in [1.165, 1.54) is 18.4 Å². The summed E-state index contributed by atoms with van der Waals surface area (Å²) >= 11 is 1.37. The molecule has 0 spiro atoms. The average molecular weight is 441 g/mol. The lowest BCUT2D eigenvalue weighted by molar-refractivity contribution is -0.144. The summed E-state index contributed by atoms with van der Waals surface area (Å²) in [5.74, 6) is 0.00631. The van der Waals surface area contributed by atoms with Crippen molar-refractivity contribution in [2.24, 2.45) is 4.99 Å². The smallest absolute Gasteiger partial charge is 0.328 e. The van der Waals surface area contributed by atoms with Gasteiger partial charge in [0.15, 0.2) is 4.80 Å². The lowest BCUT2D eigenvalue weighted by Crippen LogP contribution is -2.28. The second-order valence-electron chi connectivity index (χ2n) is 7.32. The summed E-state index contributed by atoms with van der Waals surface area (Å²) in [7, 11) is 1.37. The predicted octanol–water partition coefficient (Wildman–Crippen LogP) is 5.06. The van der Waals surface area contributed by atoms with E-state index in [4.69, 9.17) is 9.47 Å². The number of ether oxygens (including phenoxy) is 2. The normalized spacial score (nSPS) is 12.7. The third-order valence-electron chi connectivity index (χ3n) is 5.03. The Morgan fingerprint density at radius 3 is 2.52 bits per heavy atom. The minimum absolute atomic E-state index is 0.348. The number of carbonyl (C=O) groups excluding carboxylic acids is 2. The standard InChI is InChI=1S/C24H28N2O4S/c1-5-7-14-30-18-12-13-21-20(15-18)26(19(6-2)23(28)29-4)24(31-21)25-22(27)17-10-8-16(3)9-11-17/h8-13,15,19H,5-7,14H2,1-4H3. The Bertz CT molecular complexity index is 1130. The van der Waals surface area contributed by atoms with Gasteiger partial charge >= 0.3 is 5.97 Å². The van der Waals surface area contributed by atoms with Gasteiger partial charge in [0.25, 0.3) is 5.91 Å². The molecule has 1 amide bonds. The molecule has 0 N–H and O–H groups in total. The number of hydrogen-bond donors (Lipinski definition) is 0. The van der Waals surface area contributed by atoms with Gasteiger partial charge in [-0.15, -0.1) is 0 Å². The number of aromatic nitrogens is 1. The minimum atomic E-state index is -0.589. The van der Waals surface area contributed by atoms with Crippen molar-refractivity contribution >= 4 is 33.4 Å². The van der Waals surface area contributed by atoms with Crippen molar-refractivity contribution in [3.05, 3.63) is 58.4 Å². The highest BCUT2D eigenvalue weighted by atomic mass is 32.1. The second-order valence-corrected chi connectivity index (χ2v) is 8.33. The zero-order valence-electron chi connectivity index (χ0n) is 18.4. The molecule has 0 fully saturated rings. The molecule has 1 heterocycles. The molecule has 6 nitrogen and oxygen atoms in total. The van der Waals surface area contributed by atoms with Crippen LogP contribution in [0.4, 0.5) is 0 Å². The Hall–Kier alpha value is -2.93. The topological polar surface area (TPSA) is 69.9 Å². The maximum absolute atomic E-state index is 12.8. The summed E-state index contributed by atoms with van der Waals surface area (Å²) in [4.78, 5) is 30.2. The summed E-state index contributed by atoms with van der Waals surface area (Å²) < 4.78 is 13.6. The van der Waals surface area contributed by atoms with Crippen molar-refractivity contribution in [2.75, 3.05) is 13.7 Å². The van der Waals surface area contributed by atoms with Crippen LogP contribution < -0.4 is 9.54 Å².